The number of rotatable bonds is 8. The number of hydrogen-bond acceptors (Lipinski definition) is 2. The Morgan fingerprint density at radius 1 is 0.619 bits per heavy atom. The molecule has 0 aliphatic carbocycles. The number of imidazole rings is 1. The quantitative estimate of drug-likeness (QED) is 0.193. The maximum absolute atomic E-state index is 14.1. The predicted octanol–water partition coefficient (Wildman–Crippen LogP) is 8.42. The van der Waals surface area contributed by atoms with Crippen molar-refractivity contribution >= 4 is 0 Å². The van der Waals surface area contributed by atoms with Gasteiger partial charge in [0.2, 0.25) is 0 Å². The molecule has 0 bridgehead atoms. The second-order valence-electron chi connectivity index (χ2n) is 11.0. The van der Waals surface area contributed by atoms with E-state index in [2.05, 4.69) is 77.4 Å². The molecule has 3 nitrogen and oxygen atoms in total. The number of nitrogens with zero attached hydrogens (tertiary/aromatic N) is 2. The van der Waals surface area contributed by atoms with E-state index in [9.17, 15) is 9.50 Å². The van der Waals surface area contributed by atoms with Gasteiger partial charge >= 0.3 is 0 Å². The van der Waals surface area contributed by atoms with Crippen molar-refractivity contribution in [1.82, 2.24) is 9.55 Å². The van der Waals surface area contributed by atoms with Gasteiger partial charge in [-0.1, -0.05) is 135 Å². The Bertz CT molecular complexity index is 1680. The van der Waals surface area contributed by atoms with E-state index in [4.69, 9.17) is 4.98 Å². The van der Waals surface area contributed by atoms with Gasteiger partial charge in [0, 0.05) is 6.20 Å². The average Bonchev–Trinajstić information content (AvgIpc) is 3.54. The first-order valence-corrected chi connectivity index (χ1v) is 14.2. The third kappa shape index (κ3) is 4.64. The number of halogens is 1. The Morgan fingerprint density at radius 2 is 1.10 bits per heavy atom. The molecule has 1 N–H and O–H groups in total. The van der Waals surface area contributed by atoms with E-state index in [0.717, 1.165) is 27.8 Å². The highest BCUT2D eigenvalue weighted by molar-refractivity contribution is 5.65. The van der Waals surface area contributed by atoms with Gasteiger partial charge in [-0.3, -0.25) is 0 Å². The molecule has 0 aliphatic heterocycles. The standard InChI is InChI=1S/C38H33FN2O/c1-28(2)38(42,34-22-12-14-29(24-34)30-15-13-23-35(39)25-30)36-26-41(27-40-36)37(31-16-6-3-7-17-31,32-18-8-4-9-19-32)33-20-10-5-11-21-33/h3-28,42H,1-2H3. The van der Waals surface area contributed by atoms with Gasteiger partial charge in [0.1, 0.15) is 17.0 Å². The van der Waals surface area contributed by atoms with E-state index in [1.165, 1.54) is 12.1 Å². The van der Waals surface area contributed by atoms with Crippen LogP contribution < -0.4 is 0 Å². The molecular weight excluding hydrogens is 519 g/mol. The summed E-state index contributed by atoms with van der Waals surface area (Å²) in [6.07, 6.45) is 3.80. The zero-order valence-corrected chi connectivity index (χ0v) is 23.7. The molecule has 0 amide bonds. The number of hydrogen-bond donors (Lipinski definition) is 1. The summed E-state index contributed by atoms with van der Waals surface area (Å²) in [6, 6.07) is 45.4. The van der Waals surface area contributed by atoms with Crippen LogP contribution in [0.5, 0.6) is 0 Å². The van der Waals surface area contributed by atoms with Crippen LogP contribution >= 0.6 is 0 Å². The minimum absolute atomic E-state index is 0.205. The molecule has 5 aromatic carbocycles. The lowest BCUT2D eigenvalue weighted by molar-refractivity contribution is 0.0278. The molecule has 1 heterocycles. The van der Waals surface area contributed by atoms with Crippen molar-refractivity contribution in [3.8, 4) is 11.1 Å². The van der Waals surface area contributed by atoms with Crippen molar-refractivity contribution in [3.05, 3.63) is 186 Å². The van der Waals surface area contributed by atoms with Gasteiger partial charge in [0.05, 0.1) is 12.0 Å². The highest BCUT2D eigenvalue weighted by Crippen LogP contribution is 2.43. The van der Waals surface area contributed by atoms with Crippen LogP contribution in [0.1, 0.15) is 41.8 Å². The number of aromatic nitrogens is 2. The first-order chi connectivity index (χ1) is 20.4. The zero-order chi connectivity index (χ0) is 29.2. The lowest BCUT2D eigenvalue weighted by Gasteiger charge is -2.37. The van der Waals surface area contributed by atoms with Crippen LogP contribution in [-0.2, 0) is 11.1 Å². The molecule has 6 aromatic rings. The summed E-state index contributed by atoms with van der Waals surface area (Å²) in [5.74, 6) is -0.502. The summed E-state index contributed by atoms with van der Waals surface area (Å²) in [4.78, 5) is 4.90. The molecule has 0 saturated heterocycles. The molecular formula is C38H33FN2O. The molecule has 1 unspecified atom stereocenters. The van der Waals surface area contributed by atoms with Gasteiger partial charge in [-0.25, -0.2) is 9.37 Å². The molecule has 1 atom stereocenters. The fraction of sp³-hybridized carbons (Fsp3) is 0.132. The summed E-state index contributed by atoms with van der Waals surface area (Å²) in [5.41, 5.74) is 3.92. The zero-order valence-electron chi connectivity index (χ0n) is 23.7. The van der Waals surface area contributed by atoms with Gasteiger partial charge in [0.25, 0.3) is 0 Å². The monoisotopic (exact) mass is 552 g/mol. The largest absolute Gasteiger partial charge is 0.378 e. The van der Waals surface area contributed by atoms with E-state index >= 15 is 0 Å². The molecule has 6 rings (SSSR count). The van der Waals surface area contributed by atoms with Crippen molar-refractivity contribution in [2.75, 3.05) is 0 Å². The molecule has 0 radical (unpaired) electrons. The summed E-state index contributed by atoms with van der Waals surface area (Å²) >= 11 is 0. The normalized spacial score (nSPS) is 13.2. The van der Waals surface area contributed by atoms with E-state index in [1.54, 1.807) is 6.07 Å². The van der Waals surface area contributed by atoms with E-state index < -0.39 is 11.1 Å². The van der Waals surface area contributed by atoms with Crippen LogP contribution in [-0.4, -0.2) is 14.7 Å². The van der Waals surface area contributed by atoms with Crippen molar-refractivity contribution in [3.63, 3.8) is 0 Å². The smallest absolute Gasteiger partial charge is 0.135 e. The SMILES string of the molecule is CC(C)C(O)(c1cccc(-c2cccc(F)c2)c1)c1cn(C(c2ccccc2)(c2ccccc2)c2ccccc2)cn1. The van der Waals surface area contributed by atoms with Gasteiger partial charge in [-0.2, -0.15) is 0 Å². The molecule has 4 heteroatoms. The van der Waals surface area contributed by atoms with Gasteiger partial charge in [-0.15, -0.1) is 0 Å². The molecule has 0 saturated carbocycles. The van der Waals surface area contributed by atoms with Crippen LogP contribution in [0.4, 0.5) is 4.39 Å². The first-order valence-electron chi connectivity index (χ1n) is 14.2. The van der Waals surface area contributed by atoms with Crippen LogP contribution in [0.25, 0.3) is 11.1 Å². The predicted molar refractivity (Wildman–Crippen MR) is 167 cm³/mol. The molecule has 0 spiro atoms. The maximum atomic E-state index is 14.1. The molecule has 0 fully saturated rings. The number of aliphatic hydroxyl groups is 1. The van der Waals surface area contributed by atoms with Crippen LogP contribution in [0, 0.1) is 11.7 Å². The van der Waals surface area contributed by atoms with Crippen LogP contribution in [0.2, 0.25) is 0 Å². The Labute approximate surface area is 246 Å². The van der Waals surface area contributed by atoms with Crippen molar-refractivity contribution in [2.45, 2.75) is 25.0 Å². The van der Waals surface area contributed by atoms with Crippen molar-refractivity contribution < 1.29 is 9.50 Å². The molecule has 1 aromatic heterocycles. The fourth-order valence-electron chi connectivity index (χ4n) is 6.07. The van der Waals surface area contributed by atoms with Crippen LogP contribution in [0.15, 0.2) is 152 Å². The minimum atomic E-state index is -1.40. The lowest BCUT2D eigenvalue weighted by atomic mass is 9.76. The summed E-state index contributed by atoms with van der Waals surface area (Å²) < 4.78 is 16.2. The topological polar surface area (TPSA) is 38.0 Å². The maximum Gasteiger partial charge on any atom is 0.135 e. The third-order valence-corrected chi connectivity index (χ3v) is 8.23. The van der Waals surface area contributed by atoms with Crippen LogP contribution in [0.3, 0.4) is 0 Å². The van der Waals surface area contributed by atoms with Gasteiger partial charge in [-0.05, 0) is 57.5 Å². The van der Waals surface area contributed by atoms with Gasteiger partial charge < -0.3 is 9.67 Å². The highest BCUT2D eigenvalue weighted by atomic mass is 19.1. The Kier molecular flexibility index (Phi) is 7.32. The van der Waals surface area contributed by atoms with Crippen molar-refractivity contribution in [1.29, 1.82) is 0 Å². The Hall–Kier alpha value is -4.80. The molecule has 208 valence electrons. The summed E-state index contributed by atoms with van der Waals surface area (Å²) in [6.45, 7) is 3.99. The number of benzene rings is 5. The second-order valence-corrected chi connectivity index (χ2v) is 11.0. The molecule has 0 aliphatic rings. The highest BCUT2D eigenvalue weighted by Gasteiger charge is 2.42. The fourth-order valence-corrected chi connectivity index (χ4v) is 6.07. The van der Waals surface area contributed by atoms with E-state index in [1.807, 2.05) is 74.9 Å². The van der Waals surface area contributed by atoms with E-state index in [0.29, 0.717) is 11.3 Å². The lowest BCUT2D eigenvalue weighted by Crippen LogP contribution is -2.37. The first kappa shape index (κ1) is 27.4. The average molecular weight is 553 g/mol. The summed E-state index contributed by atoms with van der Waals surface area (Å²) in [7, 11) is 0. The Balaban J connectivity index is 1.56. The Morgan fingerprint density at radius 3 is 1.60 bits per heavy atom. The minimum Gasteiger partial charge on any atom is -0.378 e. The van der Waals surface area contributed by atoms with Crippen molar-refractivity contribution in [2.24, 2.45) is 5.92 Å². The third-order valence-electron chi connectivity index (χ3n) is 8.23. The summed E-state index contributed by atoms with van der Waals surface area (Å²) in [5, 5.41) is 12.5. The second kappa shape index (κ2) is 11.2. The van der Waals surface area contributed by atoms with Gasteiger partial charge in [0.15, 0.2) is 0 Å². The molecule has 42 heavy (non-hydrogen) atoms. The van der Waals surface area contributed by atoms with E-state index in [-0.39, 0.29) is 11.7 Å².